The molecule has 0 bridgehead atoms. The maximum Gasteiger partial charge on any atom is 0.0529 e. The molecule has 0 atom stereocenters. The van der Waals surface area contributed by atoms with Crippen LogP contribution in [0.15, 0.2) is 18.3 Å². The Hall–Kier alpha value is -1.70. The highest BCUT2D eigenvalue weighted by Crippen LogP contribution is 2.37. The molecule has 0 aliphatic heterocycles. The Morgan fingerprint density at radius 1 is 1.06 bits per heavy atom. The molecule has 0 aromatic carbocycles. The van der Waals surface area contributed by atoms with Gasteiger partial charge in [-0.25, -0.2) is 0 Å². The number of rotatable bonds is 0. The molecule has 80 valence electrons. The van der Waals surface area contributed by atoms with E-state index in [9.17, 15) is 0 Å². The summed E-state index contributed by atoms with van der Waals surface area (Å²) in [5.74, 6) is 0. The first-order chi connectivity index (χ1) is 7.66. The molecule has 0 unspecified atom stereocenters. The number of aryl methyl sites for hydroxylation is 2. The van der Waals surface area contributed by atoms with Gasteiger partial charge in [-0.05, 0) is 38.0 Å². The van der Waals surface area contributed by atoms with Crippen LogP contribution in [0.1, 0.15) is 28.2 Å². The van der Waals surface area contributed by atoms with Crippen molar-refractivity contribution in [1.29, 1.82) is 0 Å². The molecule has 0 saturated carbocycles. The molecule has 2 heteroatoms. The van der Waals surface area contributed by atoms with E-state index in [4.69, 9.17) is 0 Å². The second-order valence-corrected chi connectivity index (χ2v) is 4.48. The highest BCUT2D eigenvalue weighted by Gasteiger charge is 2.22. The molecule has 0 fully saturated rings. The van der Waals surface area contributed by atoms with E-state index in [0.717, 1.165) is 17.8 Å². The second kappa shape index (κ2) is 3.14. The van der Waals surface area contributed by atoms with Crippen molar-refractivity contribution in [3.05, 3.63) is 46.5 Å². The highest BCUT2D eigenvalue weighted by atomic mass is 14.7. The molecular formula is C14H14N2. The Labute approximate surface area is 95.4 Å². The molecule has 16 heavy (non-hydrogen) atoms. The van der Waals surface area contributed by atoms with E-state index in [-0.39, 0.29) is 0 Å². The van der Waals surface area contributed by atoms with Crippen molar-refractivity contribution in [3.8, 4) is 11.1 Å². The maximum atomic E-state index is 4.61. The predicted molar refractivity (Wildman–Crippen MR) is 64.5 cm³/mol. The first-order valence-corrected chi connectivity index (χ1v) is 5.59. The number of hydrogen-bond acceptors (Lipinski definition) is 2. The zero-order valence-corrected chi connectivity index (χ0v) is 9.83. The molecule has 3 rings (SSSR count). The van der Waals surface area contributed by atoms with E-state index in [0.29, 0.717) is 0 Å². The number of aromatic nitrogens is 2. The lowest BCUT2D eigenvalue weighted by Crippen LogP contribution is -1.93. The molecule has 1 aliphatic rings. The molecule has 2 heterocycles. The standard InChI is InChI=1S/C14H14N2/c1-8-4-5-11-13-7-15-10(3)9(2)12(13)6-14(11)16-8/h4-5,7H,6H2,1-3H3. The van der Waals surface area contributed by atoms with Gasteiger partial charge in [0.25, 0.3) is 0 Å². The molecule has 2 aromatic rings. The first-order valence-electron chi connectivity index (χ1n) is 5.59. The molecule has 0 N–H and O–H groups in total. The average Bonchev–Trinajstić information content (AvgIpc) is 2.62. The SMILES string of the molecule is Cc1ccc2c(n1)Cc1c-2cnc(C)c1C. The first kappa shape index (κ1) is 9.52. The Bertz CT molecular complexity index is 586. The fraction of sp³-hybridized carbons (Fsp3) is 0.286. The Balaban J connectivity index is 2.27. The van der Waals surface area contributed by atoms with Crippen LogP contribution in [0.4, 0.5) is 0 Å². The number of pyridine rings is 2. The van der Waals surface area contributed by atoms with Gasteiger partial charge in [0, 0.05) is 35.1 Å². The van der Waals surface area contributed by atoms with Crippen LogP contribution in [0.3, 0.4) is 0 Å². The summed E-state index contributed by atoms with van der Waals surface area (Å²) in [5.41, 5.74) is 8.67. The van der Waals surface area contributed by atoms with Gasteiger partial charge < -0.3 is 0 Å². The number of hydrogen-bond donors (Lipinski definition) is 0. The minimum absolute atomic E-state index is 0.960. The van der Waals surface area contributed by atoms with Gasteiger partial charge in [0.05, 0.1) is 5.69 Å². The second-order valence-electron chi connectivity index (χ2n) is 4.48. The summed E-state index contributed by atoms with van der Waals surface area (Å²) < 4.78 is 0. The van der Waals surface area contributed by atoms with Crippen LogP contribution in [0.2, 0.25) is 0 Å². The molecule has 0 radical (unpaired) electrons. The van der Waals surface area contributed by atoms with Crippen LogP contribution >= 0.6 is 0 Å². The summed E-state index contributed by atoms with van der Waals surface area (Å²) in [6.07, 6.45) is 2.95. The zero-order chi connectivity index (χ0) is 11.3. The Morgan fingerprint density at radius 2 is 1.88 bits per heavy atom. The van der Waals surface area contributed by atoms with E-state index in [1.54, 1.807) is 0 Å². The van der Waals surface area contributed by atoms with Crippen LogP contribution in [0, 0.1) is 20.8 Å². The van der Waals surface area contributed by atoms with Gasteiger partial charge in [-0.2, -0.15) is 0 Å². The van der Waals surface area contributed by atoms with Crippen molar-refractivity contribution in [3.63, 3.8) is 0 Å². The molecular weight excluding hydrogens is 196 g/mol. The monoisotopic (exact) mass is 210 g/mol. The molecule has 1 aliphatic carbocycles. The highest BCUT2D eigenvalue weighted by molar-refractivity contribution is 5.76. The van der Waals surface area contributed by atoms with Crippen molar-refractivity contribution in [2.45, 2.75) is 27.2 Å². The quantitative estimate of drug-likeness (QED) is 0.570. The smallest absolute Gasteiger partial charge is 0.0529 e. The van der Waals surface area contributed by atoms with E-state index in [1.165, 1.54) is 27.9 Å². The maximum absolute atomic E-state index is 4.61. The number of nitrogens with zero attached hydrogens (tertiary/aromatic N) is 2. The Morgan fingerprint density at radius 3 is 2.69 bits per heavy atom. The lowest BCUT2D eigenvalue weighted by Gasteiger charge is -2.05. The molecule has 0 spiro atoms. The van der Waals surface area contributed by atoms with Crippen LogP contribution < -0.4 is 0 Å². The third kappa shape index (κ3) is 1.19. The minimum atomic E-state index is 0.960. The lowest BCUT2D eigenvalue weighted by atomic mass is 10.0. The van der Waals surface area contributed by atoms with Crippen molar-refractivity contribution < 1.29 is 0 Å². The summed E-state index contributed by atoms with van der Waals surface area (Å²) in [6.45, 7) is 6.26. The van der Waals surface area contributed by atoms with Gasteiger partial charge in [0.2, 0.25) is 0 Å². The van der Waals surface area contributed by atoms with E-state index in [2.05, 4.69) is 35.9 Å². The molecule has 2 aromatic heterocycles. The van der Waals surface area contributed by atoms with Crippen molar-refractivity contribution in [2.75, 3.05) is 0 Å². The van der Waals surface area contributed by atoms with E-state index in [1.807, 2.05) is 13.1 Å². The van der Waals surface area contributed by atoms with Gasteiger partial charge in [-0.1, -0.05) is 6.07 Å². The van der Waals surface area contributed by atoms with Crippen LogP contribution in [-0.4, -0.2) is 9.97 Å². The average molecular weight is 210 g/mol. The summed E-state index contributed by atoms with van der Waals surface area (Å²) in [5, 5.41) is 0. The molecule has 2 nitrogen and oxygen atoms in total. The fourth-order valence-electron chi connectivity index (χ4n) is 2.37. The van der Waals surface area contributed by atoms with E-state index < -0.39 is 0 Å². The van der Waals surface area contributed by atoms with Gasteiger partial charge in [0.15, 0.2) is 0 Å². The molecule has 0 amide bonds. The van der Waals surface area contributed by atoms with Crippen LogP contribution in [-0.2, 0) is 6.42 Å². The van der Waals surface area contributed by atoms with Gasteiger partial charge in [0.1, 0.15) is 0 Å². The van der Waals surface area contributed by atoms with Crippen LogP contribution in [0.25, 0.3) is 11.1 Å². The van der Waals surface area contributed by atoms with Crippen molar-refractivity contribution >= 4 is 0 Å². The van der Waals surface area contributed by atoms with Gasteiger partial charge in [-0.3, -0.25) is 9.97 Å². The van der Waals surface area contributed by atoms with Crippen molar-refractivity contribution in [1.82, 2.24) is 9.97 Å². The van der Waals surface area contributed by atoms with Crippen molar-refractivity contribution in [2.24, 2.45) is 0 Å². The predicted octanol–water partition coefficient (Wildman–Crippen LogP) is 2.97. The zero-order valence-electron chi connectivity index (χ0n) is 9.83. The van der Waals surface area contributed by atoms with Gasteiger partial charge in [-0.15, -0.1) is 0 Å². The number of fused-ring (bicyclic) bond motifs is 3. The third-order valence-corrected chi connectivity index (χ3v) is 3.46. The van der Waals surface area contributed by atoms with Crippen LogP contribution in [0.5, 0.6) is 0 Å². The Kier molecular flexibility index (Phi) is 1.87. The normalized spacial score (nSPS) is 12.4. The summed E-state index contributed by atoms with van der Waals surface area (Å²) in [4.78, 5) is 9.06. The minimum Gasteiger partial charge on any atom is -0.261 e. The summed E-state index contributed by atoms with van der Waals surface area (Å²) in [7, 11) is 0. The topological polar surface area (TPSA) is 25.8 Å². The fourth-order valence-corrected chi connectivity index (χ4v) is 2.37. The third-order valence-electron chi connectivity index (χ3n) is 3.46. The summed E-state index contributed by atoms with van der Waals surface area (Å²) in [6, 6.07) is 4.24. The summed E-state index contributed by atoms with van der Waals surface area (Å²) >= 11 is 0. The lowest BCUT2D eigenvalue weighted by molar-refractivity contribution is 1.05. The largest absolute Gasteiger partial charge is 0.261 e. The molecule has 0 saturated heterocycles. The van der Waals surface area contributed by atoms with E-state index >= 15 is 0 Å². The van der Waals surface area contributed by atoms with Gasteiger partial charge >= 0.3 is 0 Å².